The van der Waals surface area contributed by atoms with Crippen LogP contribution in [0, 0.1) is 17.7 Å². The maximum Gasteiger partial charge on any atom is 0.307 e. The lowest BCUT2D eigenvalue weighted by Crippen LogP contribution is -2.43. The van der Waals surface area contributed by atoms with E-state index in [1.165, 1.54) is 38.9 Å². The number of benzene rings is 3. The molecule has 236 valence electrons. The fourth-order valence-corrected chi connectivity index (χ4v) is 8.31. The van der Waals surface area contributed by atoms with Gasteiger partial charge in [0, 0.05) is 31.9 Å². The molecule has 2 heterocycles. The molecule has 5 rings (SSSR count). The van der Waals surface area contributed by atoms with E-state index >= 15 is 0 Å². The second-order valence-corrected chi connectivity index (χ2v) is 14.8. The van der Waals surface area contributed by atoms with Gasteiger partial charge in [0.15, 0.2) is 0 Å². The van der Waals surface area contributed by atoms with Crippen LogP contribution >= 0.6 is 11.6 Å². The first-order chi connectivity index (χ1) is 20.9. The maximum atomic E-state index is 13.2. The molecule has 0 aromatic heterocycles. The van der Waals surface area contributed by atoms with Crippen LogP contribution < -0.4 is 5.32 Å². The summed E-state index contributed by atoms with van der Waals surface area (Å²) in [6, 6.07) is 20.2. The zero-order valence-electron chi connectivity index (χ0n) is 23.7. The summed E-state index contributed by atoms with van der Waals surface area (Å²) < 4.78 is 65.9. The Bertz CT molecular complexity index is 1680. The van der Waals surface area contributed by atoms with Crippen LogP contribution in [0.4, 0.5) is 10.1 Å². The van der Waals surface area contributed by atoms with Crippen molar-refractivity contribution in [2.45, 2.75) is 35.5 Å². The Morgan fingerprint density at radius 2 is 1.25 bits per heavy atom. The summed E-state index contributed by atoms with van der Waals surface area (Å²) in [5, 5.41) is 11.6. The topological polar surface area (TPSA) is 141 Å². The number of rotatable bonds is 7. The Hall–Kier alpha value is -3.36. The molecule has 2 N–H and O–H groups in total. The summed E-state index contributed by atoms with van der Waals surface area (Å²) in [7, 11) is -7.19. The highest BCUT2D eigenvalue weighted by Gasteiger charge is 2.34. The predicted octanol–water partition coefficient (Wildman–Crippen LogP) is 4.69. The molecule has 0 saturated carbocycles. The van der Waals surface area contributed by atoms with Crippen LogP contribution in [0.3, 0.4) is 0 Å². The molecule has 14 heteroatoms. The molecule has 2 aliphatic rings. The van der Waals surface area contributed by atoms with Crippen molar-refractivity contribution in [1.82, 2.24) is 8.61 Å². The molecule has 2 aliphatic heterocycles. The molecule has 0 bridgehead atoms. The molecule has 10 nitrogen and oxygen atoms in total. The molecular weight excluding hydrogens is 633 g/mol. The van der Waals surface area contributed by atoms with Crippen molar-refractivity contribution in [3.8, 4) is 0 Å². The van der Waals surface area contributed by atoms with Gasteiger partial charge in [-0.2, -0.15) is 8.61 Å². The smallest absolute Gasteiger partial charge is 0.307 e. The quantitative estimate of drug-likeness (QED) is 0.373. The number of nitrogens with zero attached hydrogens (tertiary/aromatic N) is 2. The molecule has 0 spiro atoms. The van der Waals surface area contributed by atoms with Crippen LogP contribution in [0.25, 0.3) is 0 Å². The minimum absolute atomic E-state index is 0.0621. The average molecular weight is 666 g/mol. The van der Waals surface area contributed by atoms with E-state index in [4.69, 9.17) is 16.7 Å². The van der Waals surface area contributed by atoms with E-state index in [1.54, 1.807) is 48.5 Å². The molecule has 3 aromatic rings. The zero-order chi connectivity index (χ0) is 31.9. The normalized spacial score (nSPS) is 19.8. The number of piperidine rings is 2. The number of sulfonamides is 2. The van der Waals surface area contributed by atoms with Gasteiger partial charge in [-0.3, -0.25) is 9.59 Å². The number of carbonyl (C=O) groups excluding carboxylic acids is 1. The number of hydrogen-bond donors (Lipinski definition) is 2. The van der Waals surface area contributed by atoms with E-state index in [0.29, 0.717) is 44.5 Å². The number of amides is 1. The highest BCUT2D eigenvalue weighted by Crippen LogP contribution is 2.26. The van der Waals surface area contributed by atoms with Crippen molar-refractivity contribution >= 4 is 49.2 Å². The summed E-state index contributed by atoms with van der Waals surface area (Å²) in [6.45, 7) is 0.939. The largest absolute Gasteiger partial charge is 0.481 e. The summed E-state index contributed by atoms with van der Waals surface area (Å²) in [5.41, 5.74) is 0.379. The van der Waals surface area contributed by atoms with Gasteiger partial charge in [0.05, 0.1) is 26.6 Å². The second-order valence-electron chi connectivity index (χ2n) is 10.5. The number of anilines is 1. The fraction of sp³-hybridized carbons (Fsp3) is 0.333. The number of carbonyl (C=O) groups is 2. The van der Waals surface area contributed by atoms with Crippen LogP contribution in [0.5, 0.6) is 0 Å². The molecule has 44 heavy (non-hydrogen) atoms. The molecule has 3 aromatic carbocycles. The predicted molar refractivity (Wildman–Crippen MR) is 164 cm³/mol. The molecular formula is C30H33ClFN3O7S2. The molecule has 1 amide bonds. The highest BCUT2D eigenvalue weighted by molar-refractivity contribution is 7.89. The number of halogens is 2. The summed E-state index contributed by atoms with van der Waals surface area (Å²) in [4.78, 5) is 23.9. The van der Waals surface area contributed by atoms with Gasteiger partial charge in [-0.25, -0.2) is 21.2 Å². The van der Waals surface area contributed by atoms with Crippen molar-refractivity contribution < 1.29 is 35.9 Å². The third kappa shape index (κ3) is 8.21. The first-order valence-corrected chi connectivity index (χ1v) is 17.2. The molecule has 2 fully saturated rings. The van der Waals surface area contributed by atoms with E-state index in [1.807, 2.05) is 0 Å². The van der Waals surface area contributed by atoms with Gasteiger partial charge in [0.2, 0.25) is 26.0 Å². The van der Waals surface area contributed by atoms with E-state index in [-0.39, 0.29) is 33.8 Å². The van der Waals surface area contributed by atoms with E-state index in [2.05, 4.69) is 5.32 Å². The van der Waals surface area contributed by atoms with Gasteiger partial charge in [0.1, 0.15) is 5.82 Å². The van der Waals surface area contributed by atoms with E-state index in [9.17, 15) is 30.8 Å². The van der Waals surface area contributed by atoms with E-state index < -0.39 is 43.7 Å². The Morgan fingerprint density at radius 1 is 0.773 bits per heavy atom. The molecule has 0 aliphatic carbocycles. The fourth-order valence-electron chi connectivity index (χ4n) is 5.04. The lowest BCUT2D eigenvalue weighted by atomic mass is 9.99. The SMILES string of the molecule is O=C(Nc1ccc(F)c(Cl)c1)[C@H]1CCCN(S(=O)(=O)c2ccccc2)C1.O=C(O)[C@H]1CCCN(S(=O)(=O)c2ccccc2)C1. The van der Waals surface area contributed by atoms with Gasteiger partial charge < -0.3 is 10.4 Å². The lowest BCUT2D eigenvalue weighted by molar-refractivity contribution is -0.142. The van der Waals surface area contributed by atoms with Crippen LogP contribution in [0.15, 0.2) is 88.7 Å². The van der Waals surface area contributed by atoms with Crippen molar-refractivity contribution in [1.29, 1.82) is 0 Å². The summed E-state index contributed by atoms with van der Waals surface area (Å²) >= 11 is 5.72. The number of carboxylic acid groups (broad SMARTS) is 1. The number of hydrogen-bond acceptors (Lipinski definition) is 6. The maximum absolute atomic E-state index is 13.2. The van der Waals surface area contributed by atoms with Gasteiger partial charge in [-0.15, -0.1) is 0 Å². The van der Waals surface area contributed by atoms with Crippen LogP contribution in [0.2, 0.25) is 5.02 Å². The Morgan fingerprint density at radius 3 is 1.73 bits per heavy atom. The third-order valence-corrected chi connectivity index (χ3v) is 11.5. The first-order valence-electron chi connectivity index (χ1n) is 14.0. The Balaban J connectivity index is 0.000000215. The number of carboxylic acids is 1. The van der Waals surface area contributed by atoms with E-state index in [0.717, 1.165) is 0 Å². The van der Waals surface area contributed by atoms with Crippen molar-refractivity contribution in [3.63, 3.8) is 0 Å². The van der Waals surface area contributed by atoms with Gasteiger partial charge in [-0.1, -0.05) is 48.0 Å². The van der Waals surface area contributed by atoms with Crippen molar-refractivity contribution in [3.05, 3.63) is 89.7 Å². The molecule has 0 unspecified atom stereocenters. The average Bonchev–Trinajstić information content (AvgIpc) is 3.04. The minimum atomic E-state index is -3.63. The van der Waals surface area contributed by atoms with Gasteiger partial charge in [-0.05, 0) is 68.1 Å². The summed E-state index contributed by atoms with van der Waals surface area (Å²) in [5.74, 6) is -2.88. The van der Waals surface area contributed by atoms with Gasteiger partial charge in [0.25, 0.3) is 0 Å². The third-order valence-electron chi connectivity index (χ3n) is 7.44. The Labute approximate surface area is 261 Å². The molecule has 0 radical (unpaired) electrons. The van der Waals surface area contributed by atoms with Gasteiger partial charge >= 0.3 is 5.97 Å². The van der Waals surface area contributed by atoms with Crippen molar-refractivity contribution in [2.75, 3.05) is 31.5 Å². The molecule has 2 atom stereocenters. The number of aliphatic carboxylic acids is 1. The minimum Gasteiger partial charge on any atom is -0.481 e. The zero-order valence-corrected chi connectivity index (χ0v) is 26.1. The second kappa shape index (κ2) is 14.6. The highest BCUT2D eigenvalue weighted by atomic mass is 35.5. The number of nitrogens with one attached hydrogen (secondary N) is 1. The molecule has 2 saturated heterocycles. The standard InChI is InChI=1S/C18H18ClFN2O3S.C12H15NO4S/c19-16-11-14(8-9-17(16)20)21-18(23)13-5-4-10-22(12-13)26(24,25)15-6-2-1-3-7-15;14-12(15)10-5-4-8-13(9-10)18(16,17)11-6-2-1-3-7-11/h1-3,6-9,11,13H,4-5,10,12H2,(H,21,23);1-3,6-7,10H,4-5,8-9H2,(H,14,15)/t13-;10-/m00/s1. The summed E-state index contributed by atoms with van der Waals surface area (Å²) in [6.07, 6.45) is 2.30. The first kappa shape index (κ1) is 33.5. The monoisotopic (exact) mass is 665 g/mol. The Kier molecular flexibility index (Phi) is 11.1. The van der Waals surface area contributed by atoms with Crippen LogP contribution in [0.1, 0.15) is 25.7 Å². The van der Waals surface area contributed by atoms with Crippen molar-refractivity contribution in [2.24, 2.45) is 11.8 Å². The van der Waals surface area contributed by atoms with Crippen LogP contribution in [-0.2, 0) is 29.6 Å². The van der Waals surface area contributed by atoms with Crippen LogP contribution in [-0.4, -0.2) is 68.6 Å². The lowest BCUT2D eigenvalue weighted by Gasteiger charge is -2.31.